The fourth-order valence-electron chi connectivity index (χ4n) is 1.72. The Kier molecular flexibility index (Phi) is 5.49. The number of benzene rings is 2. The fourth-order valence-corrected chi connectivity index (χ4v) is 2.72. The molecule has 0 spiro atoms. The Morgan fingerprint density at radius 2 is 1.88 bits per heavy atom. The summed E-state index contributed by atoms with van der Waals surface area (Å²) in [6.45, 7) is 0. The van der Waals surface area contributed by atoms with Crippen LogP contribution in [0.2, 0.25) is 0 Å². The van der Waals surface area contributed by atoms with Crippen LogP contribution in [0.5, 0.6) is 0 Å². The van der Waals surface area contributed by atoms with E-state index in [4.69, 9.17) is 16.4 Å². The van der Waals surface area contributed by atoms with Crippen LogP contribution >= 0.6 is 11.8 Å². The lowest BCUT2D eigenvalue weighted by atomic mass is 10.3. The number of nitrogens with zero attached hydrogens (tertiary/aromatic N) is 3. The number of hydrogen-bond acceptors (Lipinski definition) is 7. The lowest BCUT2D eigenvalue weighted by Gasteiger charge is -2.09. The number of hydrazone groups is 1. The summed E-state index contributed by atoms with van der Waals surface area (Å²) in [6, 6.07) is 15.1. The first kappa shape index (κ1) is 17.0. The van der Waals surface area contributed by atoms with E-state index in [1.807, 2.05) is 0 Å². The van der Waals surface area contributed by atoms with Crippen molar-refractivity contribution in [2.45, 2.75) is 9.79 Å². The van der Waals surface area contributed by atoms with Gasteiger partial charge in [-0.25, -0.2) is 0 Å². The predicted octanol–water partition coefficient (Wildman–Crippen LogP) is 2.97. The Morgan fingerprint density at radius 1 is 1.25 bits per heavy atom. The third-order valence-electron chi connectivity index (χ3n) is 2.82. The molecule has 0 saturated carbocycles. The molecule has 2 aromatic rings. The van der Waals surface area contributed by atoms with Crippen LogP contribution in [0.25, 0.3) is 0 Å². The maximum atomic E-state index is 11.1. The number of nitro benzene ring substituents is 1. The fraction of sp³-hybridized carbons (Fsp3) is 0. The Labute approximate surface area is 141 Å². The maximum Gasteiger partial charge on any atom is 0.283 e. The number of nitrogens with two attached hydrogens (primary N) is 1. The first-order valence-corrected chi connectivity index (χ1v) is 7.43. The SMILES string of the molecule is N#C/C(=N\Nc1ccccc1Sc1ccccc1[N+](=O)[O-])C(=N)N. The minimum atomic E-state index is -0.450. The van der Waals surface area contributed by atoms with Gasteiger partial charge >= 0.3 is 0 Å². The molecule has 0 saturated heterocycles. The average molecular weight is 340 g/mol. The van der Waals surface area contributed by atoms with Crippen LogP contribution in [0.1, 0.15) is 0 Å². The van der Waals surface area contributed by atoms with Gasteiger partial charge in [0.25, 0.3) is 5.69 Å². The second kappa shape index (κ2) is 7.75. The number of rotatable bonds is 6. The Hall–Kier alpha value is -3.38. The number of nitro groups is 1. The smallest absolute Gasteiger partial charge is 0.283 e. The summed E-state index contributed by atoms with van der Waals surface area (Å²) in [5, 5.41) is 31.0. The van der Waals surface area contributed by atoms with E-state index < -0.39 is 10.8 Å². The lowest BCUT2D eigenvalue weighted by molar-refractivity contribution is -0.387. The second-order valence-corrected chi connectivity index (χ2v) is 5.50. The largest absolute Gasteiger partial charge is 0.382 e. The number of para-hydroxylation sites is 2. The molecule has 120 valence electrons. The molecule has 24 heavy (non-hydrogen) atoms. The predicted molar refractivity (Wildman–Crippen MR) is 92.2 cm³/mol. The van der Waals surface area contributed by atoms with Crippen molar-refractivity contribution >= 4 is 34.7 Å². The standard InChI is InChI=1S/C15H12N6O2S/c16-9-11(15(17)18)20-19-10-5-1-3-7-13(10)24-14-8-4-2-6-12(14)21(22)23/h1-8,19H,(H3,17,18)/b20-11+. The molecule has 9 heteroatoms. The molecule has 0 fully saturated rings. The molecule has 0 aliphatic rings. The molecule has 4 N–H and O–H groups in total. The Bertz CT molecular complexity index is 859. The zero-order chi connectivity index (χ0) is 17.5. The molecule has 2 aromatic carbocycles. The highest BCUT2D eigenvalue weighted by Gasteiger charge is 2.15. The molecule has 0 aromatic heterocycles. The number of amidine groups is 1. The van der Waals surface area contributed by atoms with Crippen molar-refractivity contribution < 1.29 is 4.92 Å². The molecule has 0 unspecified atom stereocenters. The van der Waals surface area contributed by atoms with E-state index in [2.05, 4.69) is 10.5 Å². The molecule has 8 nitrogen and oxygen atoms in total. The topological polar surface area (TPSA) is 141 Å². The maximum absolute atomic E-state index is 11.1. The van der Waals surface area contributed by atoms with Crippen molar-refractivity contribution in [3.8, 4) is 6.07 Å². The summed E-state index contributed by atoms with van der Waals surface area (Å²) in [7, 11) is 0. The molecule has 0 radical (unpaired) electrons. The van der Waals surface area contributed by atoms with Gasteiger partial charge in [-0.05, 0) is 18.2 Å². The van der Waals surface area contributed by atoms with Crippen molar-refractivity contribution in [1.29, 1.82) is 10.7 Å². The quantitative estimate of drug-likeness (QED) is 0.319. The van der Waals surface area contributed by atoms with Gasteiger partial charge in [0.1, 0.15) is 6.07 Å². The summed E-state index contributed by atoms with van der Waals surface area (Å²) >= 11 is 1.20. The zero-order valence-corrected chi connectivity index (χ0v) is 13.1. The molecular formula is C15H12N6O2S. The van der Waals surface area contributed by atoms with Crippen LogP contribution in [0.15, 0.2) is 63.4 Å². The van der Waals surface area contributed by atoms with Crippen LogP contribution in [0.4, 0.5) is 11.4 Å². The minimum absolute atomic E-state index is 0.00209. The van der Waals surface area contributed by atoms with Crippen LogP contribution in [-0.4, -0.2) is 16.5 Å². The molecule has 0 bridgehead atoms. The van der Waals surface area contributed by atoms with E-state index in [1.54, 1.807) is 48.5 Å². The van der Waals surface area contributed by atoms with Gasteiger partial charge in [0, 0.05) is 11.0 Å². The van der Waals surface area contributed by atoms with E-state index >= 15 is 0 Å². The normalized spacial score (nSPS) is 10.7. The monoisotopic (exact) mass is 340 g/mol. The lowest BCUT2D eigenvalue weighted by Crippen LogP contribution is -2.21. The molecule has 2 rings (SSSR count). The molecule has 0 aliphatic carbocycles. The van der Waals surface area contributed by atoms with E-state index in [0.717, 1.165) is 0 Å². The summed E-state index contributed by atoms with van der Waals surface area (Å²) in [5.74, 6) is -0.450. The Morgan fingerprint density at radius 3 is 2.50 bits per heavy atom. The van der Waals surface area contributed by atoms with Crippen LogP contribution in [-0.2, 0) is 0 Å². The van der Waals surface area contributed by atoms with Gasteiger partial charge < -0.3 is 5.73 Å². The van der Waals surface area contributed by atoms with Crippen molar-refractivity contribution in [3.63, 3.8) is 0 Å². The summed E-state index contributed by atoms with van der Waals surface area (Å²) < 4.78 is 0. The van der Waals surface area contributed by atoms with Gasteiger partial charge in [-0.2, -0.15) is 10.4 Å². The highest BCUT2D eigenvalue weighted by molar-refractivity contribution is 7.99. The molecule has 0 atom stereocenters. The average Bonchev–Trinajstić information content (AvgIpc) is 2.57. The van der Waals surface area contributed by atoms with Crippen molar-refractivity contribution in [1.82, 2.24) is 0 Å². The Balaban J connectivity index is 2.32. The van der Waals surface area contributed by atoms with Gasteiger partial charge in [-0.3, -0.25) is 20.9 Å². The van der Waals surface area contributed by atoms with E-state index in [9.17, 15) is 10.1 Å². The van der Waals surface area contributed by atoms with Crippen molar-refractivity contribution in [2.75, 3.05) is 5.43 Å². The zero-order valence-electron chi connectivity index (χ0n) is 12.3. The van der Waals surface area contributed by atoms with Crippen LogP contribution in [0, 0.1) is 26.9 Å². The second-order valence-electron chi connectivity index (χ2n) is 4.42. The highest BCUT2D eigenvalue weighted by Crippen LogP contribution is 2.38. The minimum Gasteiger partial charge on any atom is -0.382 e. The van der Waals surface area contributed by atoms with E-state index in [0.29, 0.717) is 15.5 Å². The number of hydrogen-bond donors (Lipinski definition) is 3. The number of anilines is 1. The highest BCUT2D eigenvalue weighted by atomic mass is 32.2. The van der Waals surface area contributed by atoms with Gasteiger partial charge in [0.2, 0.25) is 5.71 Å². The van der Waals surface area contributed by atoms with Gasteiger partial charge in [0.15, 0.2) is 5.84 Å². The first-order chi connectivity index (χ1) is 11.5. The summed E-state index contributed by atoms with van der Waals surface area (Å²) in [4.78, 5) is 11.8. The molecular weight excluding hydrogens is 328 g/mol. The first-order valence-electron chi connectivity index (χ1n) is 6.61. The number of nitriles is 1. The molecule has 0 aliphatic heterocycles. The summed E-state index contributed by atoms with van der Waals surface area (Å²) in [6.07, 6.45) is 0. The summed E-state index contributed by atoms with van der Waals surface area (Å²) in [5.41, 5.74) is 8.19. The third kappa shape index (κ3) is 4.08. The number of nitrogens with one attached hydrogen (secondary N) is 2. The van der Waals surface area contributed by atoms with E-state index in [-0.39, 0.29) is 11.4 Å². The van der Waals surface area contributed by atoms with E-state index in [1.165, 1.54) is 17.8 Å². The van der Waals surface area contributed by atoms with Crippen molar-refractivity contribution in [2.24, 2.45) is 10.8 Å². The van der Waals surface area contributed by atoms with Gasteiger partial charge in [-0.1, -0.05) is 36.0 Å². The van der Waals surface area contributed by atoms with Crippen LogP contribution in [0.3, 0.4) is 0 Å². The third-order valence-corrected chi connectivity index (χ3v) is 3.96. The molecule has 0 heterocycles. The molecule has 0 amide bonds. The van der Waals surface area contributed by atoms with Gasteiger partial charge in [-0.15, -0.1) is 0 Å². The van der Waals surface area contributed by atoms with Crippen LogP contribution < -0.4 is 11.2 Å². The van der Waals surface area contributed by atoms with Gasteiger partial charge in [0.05, 0.1) is 15.5 Å². The van der Waals surface area contributed by atoms with Crippen molar-refractivity contribution in [3.05, 3.63) is 58.6 Å².